The molecule has 1 saturated carbocycles. The molecular weight excluding hydrogens is 350 g/mol. The normalized spacial score (nSPS) is 15.0. The summed E-state index contributed by atoms with van der Waals surface area (Å²) >= 11 is 1.51. The average molecular weight is 373 g/mol. The largest absolute Gasteiger partial charge is 0.326 e. The Morgan fingerprint density at radius 3 is 2.62 bits per heavy atom. The molecule has 1 aliphatic rings. The number of nitrogens with zero attached hydrogens (tertiary/aromatic N) is 4. The molecule has 1 aromatic carbocycles. The molecule has 1 amide bonds. The fourth-order valence-electron chi connectivity index (χ4n) is 3.08. The number of Topliss-reactive ketones (excluding diaryl/α,β-unsaturated/α-hetero) is 1. The monoisotopic (exact) mass is 373 g/mol. The van der Waals surface area contributed by atoms with Gasteiger partial charge in [-0.25, -0.2) is 4.68 Å². The van der Waals surface area contributed by atoms with Gasteiger partial charge in [0.05, 0.1) is 6.04 Å². The van der Waals surface area contributed by atoms with Gasteiger partial charge in [-0.05, 0) is 54.5 Å². The van der Waals surface area contributed by atoms with E-state index >= 15 is 0 Å². The summed E-state index contributed by atoms with van der Waals surface area (Å²) in [6.45, 7) is 1.52. The van der Waals surface area contributed by atoms with Crippen LogP contribution in [0.2, 0.25) is 0 Å². The highest BCUT2D eigenvalue weighted by Crippen LogP contribution is 2.30. The van der Waals surface area contributed by atoms with Crippen LogP contribution in [0, 0.1) is 0 Å². The van der Waals surface area contributed by atoms with Crippen LogP contribution in [-0.2, 0) is 4.79 Å². The Balaban J connectivity index is 1.47. The van der Waals surface area contributed by atoms with Gasteiger partial charge in [-0.15, -0.1) is 5.10 Å². The summed E-state index contributed by atoms with van der Waals surface area (Å²) in [7, 11) is 0. The van der Waals surface area contributed by atoms with Gasteiger partial charge in [0, 0.05) is 23.4 Å². The molecule has 2 aromatic rings. The van der Waals surface area contributed by atoms with Gasteiger partial charge in [0.25, 0.3) is 0 Å². The number of tetrazole rings is 1. The van der Waals surface area contributed by atoms with E-state index in [-0.39, 0.29) is 11.7 Å². The summed E-state index contributed by atoms with van der Waals surface area (Å²) in [6, 6.07) is 7.29. The molecule has 0 radical (unpaired) electrons. The number of amides is 1. The zero-order chi connectivity index (χ0) is 18.4. The summed E-state index contributed by atoms with van der Waals surface area (Å²) in [6.07, 6.45) is 6.34. The second kappa shape index (κ2) is 8.93. The average Bonchev–Trinajstić information content (AvgIpc) is 3.11. The summed E-state index contributed by atoms with van der Waals surface area (Å²) in [5.74, 6) is 0.560. The second-order valence-corrected chi connectivity index (χ2v) is 7.54. The van der Waals surface area contributed by atoms with Crippen LogP contribution in [0.15, 0.2) is 29.4 Å². The number of rotatable bonds is 7. The number of benzene rings is 1. The Morgan fingerprint density at radius 2 is 1.92 bits per heavy atom. The Kier molecular flexibility index (Phi) is 6.38. The maximum absolute atomic E-state index is 12.1. The van der Waals surface area contributed by atoms with Crippen molar-refractivity contribution in [3.05, 3.63) is 29.8 Å². The number of carbonyl (C=O) groups is 2. The van der Waals surface area contributed by atoms with Crippen molar-refractivity contribution < 1.29 is 9.59 Å². The van der Waals surface area contributed by atoms with Gasteiger partial charge in [-0.2, -0.15) is 0 Å². The molecule has 1 aliphatic carbocycles. The first-order valence-corrected chi connectivity index (χ1v) is 9.93. The molecule has 7 nitrogen and oxygen atoms in total. The number of carbonyl (C=O) groups excluding carboxylic acids is 2. The summed E-state index contributed by atoms with van der Waals surface area (Å²) in [5, 5.41) is 15.7. The van der Waals surface area contributed by atoms with Crippen LogP contribution in [0.25, 0.3) is 0 Å². The van der Waals surface area contributed by atoms with Crippen LogP contribution < -0.4 is 5.32 Å². The van der Waals surface area contributed by atoms with E-state index in [1.165, 1.54) is 37.9 Å². The predicted octanol–water partition coefficient (Wildman–Crippen LogP) is 3.50. The van der Waals surface area contributed by atoms with Crippen LogP contribution in [0.4, 0.5) is 5.69 Å². The number of hydrogen-bond donors (Lipinski definition) is 1. The van der Waals surface area contributed by atoms with E-state index < -0.39 is 0 Å². The minimum Gasteiger partial charge on any atom is -0.326 e. The van der Waals surface area contributed by atoms with Crippen molar-refractivity contribution in [2.45, 2.75) is 56.6 Å². The van der Waals surface area contributed by atoms with Gasteiger partial charge in [0.2, 0.25) is 11.1 Å². The van der Waals surface area contributed by atoms with Gasteiger partial charge in [0.15, 0.2) is 5.78 Å². The minimum atomic E-state index is -0.0650. The Bertz CT molecular complexity index is 753. The molecule has 26 heavy (non-hydrogen) atoms. The van der Waals surface area contributed by atoms with E-state index in [0.717, 1.165) is 18.0 Å². The predicted molar refractivity (Wildman–Crippen MR) is 100 cm³/mol. The van der Waals surface area contributed by atoms with Crippen molar-refractivity contribution in [3.63, 3.8) is 0 Å². The van der Waals surface area contributed by atoms with Gasteiger partial charge in [-0.1, -0.05) is 31.0 Å². The van der Waals surface area contributed by atoms with Crippen molar-refractivity contribution in [2.75, 3.05) is 11.1 Å². The lowest BCUT2D eigenvalue weighted by Gasteiger charge is -2.21. The molecule has 1 aromatic heterocycles. The quantitative estimate of drug-likeness (QED) is 0.590. The van der Waals surface area contributed by atoms with Crippen molar-refractivity contribution in [1.82, 2.24) is 20.2 Å². The van der Waals surface area contributed by atoms with Crippen LogP contribution in [0.3, 0.4) is 0 Å². The summed E-state index contributed by atoms with van der Waals surface area (Å²) in [4.78, 5) is 23.4. The molecule has 0 bridgehead atoms. The lowest BCUT2D eigenvalue weighted by Crippen LogP contribution is -2.16. The van der Waals surface area contributed by atoms with Crippen LogP contribution in [0.5, 0.6) is 0 Å². The van der Waals surface area contributed by atoms with E-state index in [9.17, 15) is 9.59 Å². The third-order valence-corrected chi connectivity index (χ3v) is 5.45. The lowest BCUT2D eigenvalue weighted by atomic mass is 9.96. The van der Waals surface area contributed by atoms with Gasteiger partial charge in [0.1, 0.15) is 0 Å². The molecule has 0 unspecified atom stereocenters. The third-order valence-electron chi connectivity index (χ3n) is 4.52. The molecule has 0 saturated heterocycles. The third kappa shape index (κ3) is 4.91. The van der Waals surface area contributed by atoms with Crippen LogP contribution in [-0.4, -0.2) is 37.7 Å². The van der Waals surface area contributed by atoms with Gasteiger partial charge in [-0.3, -0.25) is 9.59 Å². The molecule has 0 spiro atoms. The SMILES string of the molecule is CC(=O)c1ccc(NC(=O)CCSc2nnnn2C2CCCCC2)cc1. The van der Waals surface area contributed by atoms with Crippen molar-refractivity contribution >= 4 is 29.1 Å². The number of anilines is 1. The van der Waals surface area contributed by atoms with E-state index in [2.05, 4.69) is 20.8 Å². The number of hydrogen-bond acceptors (Lipinski definition) is 6. The van der Waals surface area contributed by atoms with E-state index in [1.54, 1.807) is 24.3 Å². The lowest BCUT2D eigenvalue weighted by molar-refractivity contribution is -0.115. The maximum atomic E-state index is 12.1. The van der Waals surface area contributed by atoms with E-state index in [1.807, 2.05) is 4.68 Å². The zero-order valence-electron chi connectivity index (χ0n) is 14.9. The molecule has 0 aliphatic heterocycles. The first-order chi connectivity index (χ1) is 12.6. The Morgan fingerprint density at radius 1 is 1.19 bits per heavy atom. The Labute approximate surface area is 156 Å². The number of aromatic nitrogens is 4. The first-order valence-electron chi connectivity index (χ1n) is 8.95. The molecule has 1 N–H and O–H groups in total. The van der Waals surface area contributed by atoms with Crippen molar-refractivity contribution in [2.24, 2.45) is 0 Å². The van der Waals surface area contributed by atoms with Crippen LogP contribution >= 0.6 is 11.8 Å². The highest BCUT2D eigenvalue weighted by atomic mass is 32.2. The van der Waals surface area contributed by atoms with Crippen molar-refractivity contribution in [3.8, 4) is 0 Å². The summed E-state index contributed by atoms with van der Waals surface area (Å²) in [5.41, 5.74) is 1.32. The molecule has 138 valence electrons. The molecular formula is C18H23N5O2S. The molecule has 1 heterocycles. The fourth-order valence-corrected chi connectivity index (χ4v) is 3.96. The minimum absolute atomic E-state index is 0.00923. The molecule has 1 fully saturated rings. The van der Waals surface area contributed by atoms with Crippen LogP contribution in [0.1, 0.15) is 61.8 Å². The second-order valence-electron chi connectivity index (χ2n) is 6.48. The fraction of sp³-hybridized carbons (Fsp3) is 0.500. The number of thioether (sulfide) groups is 1. The number of ketones is 1. The van der Waals surface area contributed by atoms with Gasteiger partial charge < -0.3 is 5.32 Å². The topological polar surface area (TPSA) is 89.8 Å². The van der Waals surface area contributed by atoms with E-state index in [0.29, 0.717) is 29.5 Å². The summed E-state index contributed by atoms with van der Waals surface area (Å²) < 4.78 is 1.92. The van der Waals surface area contributed by atoms with E-state index in [4.69, 9.17) is 0 Å². The molecule has 3 rings (SSSR count). The Hall–Kier alpha value is -2.22. The van der Waals surface area contributed by atoms with Crippen molar-refractivity contribution in [1.29, 1.82) is 0 Å². The molecule has 8 heteroatoms. The zero-order valence-corrected chi connectivity index (χ0v) is 15.7. The maximum Gasteiger partial charge on any atom is 0.225 e. The van der Waals surface area contributed by atoms with Gasteiger partial charge >= 0.3 is 0 Å². The highest BCUT2D eigenvalue weighted by Gasteiger charge is 2.20. The standard InChI is InChI=1S/C18H23N5O2S/c1-13(24)14-7-9-15(10-8-14)19-17(25)11-12-26-18-20-21-22-23(18)16-5-3-2-4-6-16/h7-10,16H,2-6,11-12H2,1H3,(H,19,25). The molecule has 0 atom stereocenters. The number of nitrogens with one attached hydrogen (secondary N) is 1. The first kappa shape index (κ1) is 18.6. The smallest absolute Gasteiger partial charge is 0.225 e. The highest BCUT2D eigenvalue weighted by molar-refractivity contribution is 7.99.